The van der Waals surface area contributed by atoms with Crippen LogP contribution in [0.15, 0.2) is 42.1 Å². The molecule has 0 radical (unpaired) electrons. The molecule has 23 heavy (non-hydrogen) atoms. The lowest BCUT2D eigenvalue weighted by Gasteiger charge is -2.24. The lowest BCUT2D eigenvalue weighted by Crippen LogP contribution is -2.32. The minimum atomic E-state index is -0.384. The smallest absolute Gasteiger partial charge is 0.415 e. The van der Waals surface area contributed by atoms with Crippen molar-refractivity contribution in [1.82, 2.24) is 4.90 Å². The predicted molar refractivity (Wildman–Crippen MR) is 83.3 cm³/mol. The number of rotatable bonds is 2. The third-order valence-electron chi connectivity index (χ3n) is 6.20. The molecule has 2 saturated carbocycles. The van der Waals surface area contributed by atoms with Crippen molar-refractivity contribution in [1.29, 1.82) is 0 Å². The number of carbonyl (C=O) groups excluding carboxylic acids is 2. The second kappa shape index (κ2) is 4.70. The highest BCUT2D eigenvalue weighted by Crippen LogP contribution is 2.57. The fourth-order valence-electron chi connectivity index (χ4n) is 5.21. The highest BCUT2D eigenvalue weighted by molar-refractivity contribution is 6.03. The maximum Gasteiger partial charge on any atom is 0.415 e. The lowest BCUT2D eigenvalue weighted by molar-refractivity contribution is -0.121. The van der Waals surface area contributed by atoms with E-state index in [0.29, 0.717) is 30.1 Å². The molecular formula is C19H19NO3. The third kappa shape index (κ3) is 1.78. The van der Waals surface area contributed by atoms with Crippen LogP contribution < -0.4 is 0 Å². The molecule has 0 unspecified atom stereocenters. The van der Waals surface area contributed by atoms with Crippen LogP contribution in [0.4, 0.5) is 4.79 Å². The molecule has 0 N–H and O–H groups in total. The van der Waals surface area contributed by atoms with Crippen LogP contribution in [0.25, 0.3) is 0 Å². The second-order valence-electron chi connectivity index (χ2n) is 7.23. The van der Waals surface area contributed by atoms with Gasteiger partial charge in [0.1, 0.15) is 6.61 Å². The molecule has 2 bridgehead atoms. The number of carbonyl (C=O) groups is 2. The molecule has 4 aliphatic rings. The number of ketones is 1. The van der Waals surface area contributed by atoms with Gasteiger partial charge in [-0.25, -0.2) is 4.79 Å². The van der Waals surface area contributed by atoms with Gasteiger partial charge in [0, 0.05) is 5.92 Å². The Morgan fingerprint density at radius 3 is 2.61 bits per heavy atom. The number of allylic oxidation sites excluding steroid dienone is 2. The molecule has 1 amide bonds. The van der Waals surface area contributed by atoms with Crippen molar-refractivity contribution in [3.05, 3.63) is 47.7 Å². The summed E-state index contributed by atoms with van der Waals surface area (Å²) >= 11 is 0. The summed E-state index contributed by atoms with van der Waals surface area (Å²) < 4.78 is 5.28. The number of cyclic esters (lactones) is 1. The van der Waals surface area contributed by atoms with Gasteiger partial charge in [-0.2, -0.15) is 0 Å². The average molecular weight is 309 g/mol. The molecule has 3 aliphatic carbocycles. The van der Waals surface area contributed by atoms with E-state index in [9.17, 15) is 9.59 Å². The number of hydrogen-bond acceptors (Lipinski definition) is 3. The zero-order valence-corrected chi connectivity index (χ0v) is 12.9. The van der Waals surface area contributed by atoms with Gasteiger partial charge in [0.2, 0.25) is 0 Å². The number of hydrogen-bond donors (Lipinski definition) is 0. The average Bonchev–Trinajstić information content (AvgIpc) is 3.31. The van der Waals surface area contributed by atoms with E-state index in [4.69, 9.17) is 4.74 Å². The second-order valence-corrected chi connectivity index (χ2v) is 7.23. The highest BCUT2D eigenvalue weighted by atomic mass is 16.6. The van der Waals surface area contributed by atoms with Crippen molar-refractivity contribution in [3.8, 4) is 0 Å². The quantitative estimate of drug-likeness (QED) is 0.842. The third-order valence-corrected chi connectivity index (χ3v) is 6.20. The van der Waals surface area contributed by atoms with Crippen LogP contribution >= 0.6 is 0 Å². The van der Waals surface area contributed by atoms with Crippen LogP contribution in [0.3, 0.4) is 0 Å². The van der Waals surface area contributed by atoms with Gasteiger partial charge in [-0.1, -0.05) is 36.4 Å². The van der Waals surface area contributed by atoms with Gasteiger partial charge in [-0.15, -0.1) is 0 Å². The van der Waals surface area contributed by atoms with Gasteiger partial charge in [-0.3, -0.25) is 9.69 Å². The first-order chi connectivity index (χ1) is 11.2. The van der Waals surface area contributed by atoms with Crippen molar-refractivity contribution in [2.24, 2.45) is 23.7 Å². The highest BCUT2D eigenvalue weighted by Gasteiger charge is 2.56. The molecule has 1 heterocycles. The Balaban J connectivity index is 1.51. The Hall–Kier alpha value is -2.10. The maximum absolute atomic E-state index is 13.0. The largest absolute Gasteiger partial charge is 0.447 e. The maximum atomic E-state index is 13.0. The minimum absolute atomic E-state index is 0.119. The first kappa shape index (κ1) is 13.3. The van der Waals surface area contributed by atoms with E-state index >= 15 is 0 Å². The van der Waals surface area contributed by atoms with Crippen molar-refractivity contribution in [3.63, 3.8) is 0 Å². The summed E-state index contributed by atoms with van der Waals surface area (Å²) in [4.78, 5) is 26.9. The van der Waals surface area contributed by atoms with Crippen LogP contribution in [0.5, 0.6) is 0 Å². The molecule has 5 atom stereocenters. The number of ether oxygens (including phenoxy) is 1. The van der Waals surface area contributed by atoms with Crippen LogP contribution in [0.2, 0.25) is 0 Å². The zero-order chi connectivity index (χ0) is 15.6. The number of benzene rings is 1. The summed E-state index contributed by atoms with van der Waals surface area (Å²) in [5.74, 6) is 1.80. The summed E-state index contributed by atoms with van der Waals surface area (Å²) in [5.41, 5.74) is 1.61. The molecule has 1 saturated heterocycles. The van der Waals surface area contributed by atoms with Gasteiger partial charge in [0.25, 0.3) is 0 Å². The fraction of sp³-hybridized carbons (Fsp3) is 0.474. The number of amides is 1. The first-order valence-electron chi connectivity index (χ1n) is 8.51. The van der Waals surface area contributed by atoms with Gasteiger partial charge in [0.15, 0.2) is 5.78 Å². The van der Waals surface area contributed by atoms with Crippen molar-refractivity contribution < 1.29 is 14.3 Å². The van der Waals surface area contributed by atoms with Gasteiger partial charge < -0.3 is 4.74 Å². The first-order valence-corrected chi connectivity index (χ1v) is 8.51. The van der Waals surface area contributed by atoms with E-state index in [1.54, 1.807) is 4.90 Å². The molecule has 4 heteroatoms. The molecule has 4 nitrogen and oxygen atoms in total. The molecule has 1 aliphatic heterocycles. The van der Waals surface area contributed by atoms with Crippen molar-refractivity contribution >= 4 is 11.9 Å². The topological polar surface area (TPSA) is 46.6 Å². The van der Waals surface area contributed by atoms with E-state index in [2.05, 4.69) is 6.08 Å². The molecule has 118 valence electrons. The molecular weight excluding hydrogens is 290 g/mol. The summed E-state index contributed by atoms with van der Waals surface area (Å²) in [5, 5.41) is 0. The lowest BCUT2D eigenvalue weighted by atomic mass is 9.81. The van der Waals surface area contributed by atoms with Crippen molar-refractivity contribution in [2.45, 2.75) is 25.3 Å². The predicted octanol–water partition coefficient (Wildman–Crippen LogP) is 3.31. The Morgan fingerprint density at radius 2 is 1.83 bits per heavy atom. The molecule has 5 rings (SSSR count). The molecule has 1 aromatic rings. The fourth-order valence-corrected chi connectivity index (χ4v) is 5.21. The van der Waals surface area contributed by atoms with Gasteiger partial charge in [-0.05, 0) is 42.6 Å². The Morgan fingerprint density at radius 1 is 1.04 bits per heavy atom. The van der Waals surface area contributed by atoms with Crippen LogP contribution in [-0.4, -0.2) is 23.4 Å². The van der Waals surface area contributed by atoms with Gasteiger partial charge >= 0.3 is 6.09 Å². The summed E-state index contributed by atoms with van der Waals surface area (Å²) in [7, 11) is 0. The summed E-state index contributed by atoms with van der Waals surface area (Å²) in [6, 6.07) is 9.66. The Kier molecular flexibility index (Phi) is 2.73. The number of Topliss-reactive ketones (excluding diaryl/α,β-unsaturated/α-hetero) is 1. The monoisotopic (exact) mass is 309 g/mol. The van der Waals surface area contributed by atoms with Gasteiger partial charge in [0.05, 0.1) is 11.7 Å². The Bertz CT molecular complexity index is 711. The summed E-state index contributed by atoms with van der Waals surface area (Å²) in [6.07, 6.45) is 5.29. The molecule has 0 spiro atoms. The van der Waals surface area contributed by atoms with E-state index in [1.807, 2.05) is 30.3 Å². The van der Waals surface area contributed by atoms with E-state index < -0.39 is 0 Å². The number of fused-ring (bicyclic) bond motifs is 5. The SMILES string of the molecule is O=C1C(N2C(=O)OC[C@H]2c2ccccc2)=C[C@@H]2[C@H]3CC[C@H](C3)[C@H]12. The van der Waals surface area contributed by atoms with Crippen LogP contribution in [-0.2, 0) is 9.53 Å². The Labute approximate surface area is 135 Å². The van der Waals surface area contributed by atoms with Crippen LogP contribution in [0, 0.1) is 23.7 Å². The normalized spacial score (nSPS) is 38.0. The number of nitrogens with zero attached hydrogens (tertiary/aromatic N) is 1. The van der Waals surface area contributed by atoms with E-state index in [0.717, 1.165) is 5.56 Å². The van der Waals surface area contributed by atoms with Crippen LogP contribution in [0.1, 0.15) is 30.9 Å². The van der Waals surface area contributed by atoms with E-state index in [-0.39, 0.29) is 23.8 Å². The zero-order valence-electron chi connectivity index (χ0n) is 12.9. The standard InChI is InChI=1S/C19H19NO3/c21-18-15(9-14-12-6-7-13(8-12)17(14)18)20-16(10-23-19(20)22)11-4-2-1-3-5-11/h1-5,9,12-14,16-17H,6-8,10H2/t12-,13+,14+,16-,17-/m0/s1. The molecule has 0 aromatic heterocycles. The summed E-state index contributed by atoms with van der Waals surface area (Å²) in [6.45, 7) is 0.315. The van der Waals surface area contributed by atoms with E-state index in [1.165, 1.54) is 19.3 Å². The van der Waals surface area contributed by atoms with Crippen molar-refractivity contribution in [2.75, 3.05) is 6.61 Å². The molecule has 3 fully saturated rings. The minimum Gasteiger partial charge on any atom is -0.447 e. The molecule has 1 aromatic carbocycles.